The monoisotopic (exact) mass is 504 g/mol. The second-order valence-electron chi connectivity index (χ2n) is 11.7. The fraction of sp³-hybridized carbons (Fsp3) is 0.692. The SMILES string of the molecule is COc1ccc2c3c1O[C@@H]1[C@@H](O[Si](C)(C)C(C)(C)C)CC[C@@]4(OC(=O)O[C@H]4C2)[C@]31CCOC(C)=O. The highest BCUT2D eigenvalue weighted by molar-refractivity contribution is 6.74. The van der Waals surface area contributed by atoms with Crippen LogP contribution in [-0.2, 0) is 35.3 Å². The molecule has 0 N–H and O–H groups in total. The molecule has 1 saturated heterocycles. The largest absolute Gasteiger partial charge is 0.509 e. The molecule has 35 heavy (non-hydrogen) atoms. The molecule has 2 aliphatic heterocycles. The van der Waals surface area contributed by atoms with Gasteiger partial charge in [-0.25, -0.2) is 4.79 Å². The number of hydrogen-bond donors (Lipinski definition) is 0. The van der Waals surface area contributed by atoms with E-state index in [0.29, 0.717) is 37.2 Å². The topological polar surface area (TPSA) is 89.5 Å². The molecule has 4 aliphatic rings. The van der Waals surface area contributed by atoms with Crippen molar-refractivity contribution in [3.8, 4) is 11.5 Å². The molecule has 1 aromatic rings. The highest BCUT2D eigenvalue weighted by Gasteiger charge is 2.76. The van der Waals surface area contributed by atoms with E-state index in [2.05, 4.69) is 33.9 Å². The van der Waals surface area contributed by atoms with Crippen molar-refractivity contribution in [2.75, 3.05) is 13.7 Å². The second-order valence-corrected chi connectivity index (χ2v) is 16.5. The van der Waals surface area contributed by atoms with Crippen LogP contribution in [-0.4, -0.2) is 58.1 Å². The predicted molar refractivity (Wildman–Crippen MR) is 129 cm³/mol. The van der Waals surface area contributed by atoms with Gasteiger partial charge in [0.05, 0.1) is 25.2 Å². The first-order valence-electron chi connectivity index (χ1n) is 12.4. The molecule has 1 aromatic carbocycles. The number of hydrogen-bond acceptors (Lipinski definition) is 8. The first-order chi connectivity index (χ1) is 16.4. The quantitative estimate of drug-likeness (QED) is 0.408. The summed E-state index contributed by atoms with van der Waals surface area (Å²) >= 11 is 0. The van der Waals surface area contributed by atoms with E-state index in [9.17, 15) is 9.59 Å². The Morgan fingerprint density at radius 2 is 1.97 bits per heavy atom. The Morgan fingerprint density at radius 1 is 1.23 bits per heavy atom. The van der Waals surface area contributed by atoms with E-state index in [1.54, 1.807) is 7.11 Å². The summed E-state index contributed by atoms with van der Waals surface area (Å²) in [7, 11) is -0.538. The number of carbonyl (C=O) groups excluding carboxylic acids is 2. The van der Waals surface area contributed by atoms with Gasteiger partial charge in [-0.05, 0) is 49.0 Å². The molecule has 5 atom stereocenters. The minimum atomic E-state index is -2.16. The zero-order chi connectivity index (χ0) is 25.4. The number of ether oxygens (including phenoxy) is 5. The lowest BCUT2D eigenvalue weighted by molar-refractivity contribution is -0.160. The van der Waals surface area contributed by atoms with Crippen LogP contribution < -0.4 is 9.47 Å². The number of rotatable bonds is 6. The molecule has 0 bridgehead atoms. The number of carbonyl (C=O) groups is 2. The summed E-state index contributed by atoms with van der Waals surface area (Å²) in [5.41, 5.74) is 0.305. The van der Waals surface area contributed by atoms with Gasteiger partial charge in [0, 0.05) is 18.9 Å². The van der Waals surface area contributed by atoms with Crippen molar-refractivity contribution in [1.82, 2.24) is 0 Å². The molecule has 0 unspecified atom stereocenters. The highest BCUT2D eigenvalue weighted by Crippen LogP contribution is 2.66. The summed E-state index contributed by atoms with van der Waals surface area (Å²) in [6.07, 6.45) is 0.456. The molecule has 5 rings (SSSR count). The van der Waals surface area contributed by atoms with Crippen molar-refractivity contribution >= 4 is 20.4 Å². The number of esters is 1. The molecule has 9 heteroatoms. The van der Waals surface area contributed by atoms with Crippen molar-refractivity contribution < 1.29 is 37.7 Å². The molecule has 1 saturated carbocycles. The third kappa shape index (κ3) is 3.33. The number of benzene rings is 1. The summed E-state index contributed by atoms with van der Waals surface area (Å²) in [6.45, 7) is 12.7. The molecule has 2 heterocycles. The van der Waals surface area contributed by atoms with E-state index in [-0.39, 0.29) is 23.7 Å². The lowest BCUT2D eigenvalue weighted by Gasteiger charge is -2.57. The van der Waals surface area contributed by atoms with Crippen molar-refractivity contribution in [1.29, 1.82) is 0 Å². The van der Waals surface area contributed by atoms with Gasteiger partial charge in [-0.3, -0.25) is 4.79 Å². The van der Waals surface area contributed by atoms with Crippen LogP contribution in [0.5, 0.6) is 11.5 Å². The Bertz CT molecular complexity index is 1060. The van der Waals surface area contributed by atoms with Gasteiger partial charge in [0.15, 0.2) is 31.5 Å². The van der Waals surface area contributed by atoms with E-state index >= 15 is 0 Å². The molecule has 8 nitrogen and oxygen atoms in total. The second kappa shape index (κ2) is 7.87. The number of methoxy groups -OCH3 is 1. The van der Waals surface area contributed by atoms with Gasteiger partial charge in [-0.1, -0.05) is 26.8 Å². The molecule has 1 spiro atoms. The molecule has 0 radical (unpaired) electrons. The predicted octanol–water partition coefficient (Wildman–Crippen LogP) is 4.66. The van der Waals surface area contributed by atoms with Crippen molar-refractivity contribution in [2.45, 2.75) is 101 Å². The van der Waals surface area contributed by atoms with Gasteiger partial charge in [0.25, 0.3) is 0 Å². The molecular weight excluding hydrogens is 468 g/mol. The van der Waals surface area contributed by atoms with Crippen LogP contribution in [0.2, 0.25) is 18.1 Å². The van der Waals surface area contributed by atoms with E-state index in [1.165, 1.54) is 6.92 Å². The fourth-order valence-corrected chi connectivity index (χ4v) is 7.80. The van der Waals surface area contributed by atoms with Crippen molar-refractivity contribution in [3.63, 3.8) is 0 Å². The smallest absolute Gasteiger partial charge is 0.493 e. The average molecular weight is 505 g/mol. The Kier molecular flexibility index (Phi) is 5.49. The summed E-state index contributed by atoms with van der Waals surface area (Å²) in [4.78, 5) is 24.3. The fourth-order valence-electron chi connectivity index (χ4n) is 6.44. The maximum Gasteiger partial charge on any atom is 0.509 e. The van der Waals surface area contributed by atoms with Gasteiger partial charge in [-0.2, -0.15) is 0 Å². The summed E-state index contributed by atoms with van der Waals surface area (Å²) < 4.78 is 36.8. The van der Waals surface area contributed by atoms with Gasteiger partial charge < -0.3 is 28.1 Å². The van der Waals surface area contributed by atoms with Crippen LogP contribution in [0, 0.1) is 0 Å². The van der Waals surface area contributed by atoms with Gasteiger partial charge in [0.1, 0.15) is 6.10 Å². The molecule has 0 aromatic heterocycles. The Balaban J connectivity index is 1.69. The first kappa shape index (κ1) is 24.4. The third-order valence-corrected chi connectivity index (χ3v) is 13.5. The zero-order valence-electron chi connectivity index (χ0n) is 21.7. The summed E-state index contributed by atoms with van der Waals surface area (Å²) in [6, 6.07) is 3.92. The van der Waals surface area contributed by atoms with E-state index in [4.69, 9.17) is 28.1 Å². The van der Waals surface area contributed by atoms with Gasteiger partial charge in [0.2, 0.25) is 0 Å². The van der Waals surface area contributed by atoms with Crippen LogP contribution in [0.4, 0.5) is 4.79 Å². The van der Waals surface area contributed by atoms with Crippen molar-refractivity contribution in [3.05, 3.63) is 23.3 Å². The maximum absolute atomic E-state index is 12.6. The molecule has 2 fully saturated rings. The third-order valence-electron chi connectivity index (χ3n) is 8.98. The normalized spacial score (nSPS) is 32.7. The molecule has 192 valence electrons. The zero-order valence-corrected chi connectivity index (χ0v) is 22.7. The average Bonchev–Trinajstić information content (AvgIpc) is 3.27. The Morgan fingerprint density at radius 3 is 2.63 bits per heavy atom. The lowest BCUT2D eigenvalue weighted by Crippen LogP contribution is -2.71. The standard InChI is InChI=1S/C26H36O8Si/c1-15(27)30-13-12-25-20-16-8-9-17(29-5)21(20)32-22(25)18(34-35(6,7)24(2,3)4)10-11-26(25)19(14-16)31-23(28)33-26/h8-9,18-19,22H,10-14H2,1-7H3/t18-,19-,22+,25+,26-/m0/s1. The Hall–Kier alpha value is -2.26. The molecule has 0 amide bonds. The van der Waals surface area contributed by atoms with Gasteiger partial charge in [-0.15, -0.1) is 0 Å². The minimum Gasteiger partial charge on any atom is -0.493 e. The Labute approximate surface area is 207 Å². The first-order valence-corrected chi connectivity index (χ1v) is 15.3. The molecule has 2 aliphatic carbocycles. The van der Waals surface area contributed by atoms with Crippen LogP contribution >= 0.6 is 0 Å². The van der Waals surface area contributed by atoms with E-state index in [1.807, 2.05) is 12.1 Å². The van der Waals surface area contributed by atoms with Crippen LogP contribution in [0.25, 0.3) is 0 Å². The van der Waals surface area contributed by atoms with E-state index < -0.39 is 37.7 Å². The maximum atomic E-state index is 12.6. The van der Waals surface area contributed by atoms with Crippen LogP contribution in [0.1, 0.15) is 58.1 Å². The van der Waals surface area contributed by atoms with E-state index in [0.717, 1.165) is 11.1 Å². The minimum absolute atomic E-state index is 0.0133. The summed E-state index contributed by atoms with van der Waals surface area (Å²) in [5, 5.41) is 0.0133. The lowest BCUT2D eigenvalue weighted by atomic mass is 9.51. The highest BCUT2D eigenvalue weighted by atomic mass is 28.4. The van der Waals surface area contributed by atoms with Crippen LogP contribution in [0.15, 0.2) is 12.1 Å². The van der Waals surface area contributed by atoms with Crippen LogP contribution in [0.3, 0.4) is 0 Å². The summed E-state index contributed by atoms with van der Waals surface area (Å²) in [5.74, 6) is 0.953. The molecular formula is C26H36O8Si. The van der Waals surface area contributed by atoms with Gasteiger partial charge >= 0.3 is 12.1 Å². The van der Waals surface area contributed by atoms with Crippen molar-refractivity contribution in [2.24, 2.45) is 0 Å².